The zero-order valence-electron chi connectivity index (χ0n) is 9.51. The first kappa shape index (κ1) is 13.0. The molecule has 0 saturated carbocycles. The maximum atomic E-state index is 11.8. The SMILES string of the molecule is CC(C(=O)N1CCCC(C#N)C1)S(C)(=O)=O. The lowest BCUT2D eigenvalue weighted by atomic mass is 9.99. The third-order valence-electron chi connectivity index (χ3n) is 2.91. The van der Waals surface area contributed by atoms with Gasteiger partial charge in [-0.25, -0.2) is 8.42 Å². The van der Waals surface area contributed by atoms with Crippen LogP contribution in [0.5, 0.6) is 0 Å². The van der Waals surface area contributed by atoms with Gasteiger partial charge in [-0.05, 0) is 19.8 Å². The zero-order chi connectivity index (χ0) is 12.3. The summed E-state index contributed by atoms with van der Waals surface area (Å²) in [5, 5.41) is 7.77. The molecule has 1 aliphatic heterocycles. The summed E-state index contributed by atoms with van der Waals surface area (Å²) >= 11 is 0. The fourth-order valence-electron chi connectivity index (χ4n) is 1.72. The Labute approximate surface area is 96.0 Å². The molecule has 1 fully saturated rings. The minimum Gasteiger partial charge on any atom is -0.340 e. The second-order valence-corrected chi connectivity index (χ2v) is 6.59. The van der Waals surface area contributed by atoms with Crippen LogP contribution in [0.2, 0.25) is 0 Å². The second-order valence-electron chi connectivity index (χ2n) is 4.22. The number of rotatable bonds is 2. The maximum absolute atomic E-state index is 11.8. The molecular formula is C10H16N2O3S. The summed E-state index contributed by atoms with van der Waals surface area (Å²) in [6.07, 6.45) is 2.61. The van der Waals surface area contributed by atoms with E-state index >= 15 is 0 Å². The minimum absolute atomic E-state index is 0.163. The summed E-state index contributed by atoms with van der Waals surface area (Å²) in [5.74, 6) is -0.549. The van der Waals surface area contributed by atoms with Gasteiger partial charge in [-0.15, -0.1) is 0 Å². The fourth-order valence-corrected chi connectivity index (χ4v) is 2.24. The van der Waals surface area contributed by atoms with Crippen LogP contribution in [-0.4, -0.2) is 43.8 Å². The molecule has 1 rings (SSSR count). The number of sulfone groups is 1. The van der Waals surface area contributed by atoms with Crippen LogP contribution in [0.15, 0.2) is 0 Å². The van der Waals surface area contributed by atoms with Crippen molar-refractivity contribution >= 4 is 15.7 Å². The molecule has 0 spiro atoms. The highest BCUT2D eigenvalue weighted by molar-refractivity contribution is 7.92. The van der Waals surface area contributed by atoms with Gasteiger partial charge < -0.3 is 4.90 Å². The van der Waals surface area contributed by atoms with Gasteiger partial charge in [0, 0.05) is 19.3 Å². The summed E-state index contributed by atoms with van der Waals surface area (Å²) < 4.78 is 22.5. The summed E-state index contributed by atoms with van der Waals surface area (Å²) in [4.78, 5) is 13.3. The Morgan fingerprint density at radius 3 is 2.69 bits per heavy atom. The Hall–Kier alpha value is -1.09. The molecule has 16 heavy (non-hydrogen) atoms. The molecule has 0 aromatic rings. The van der Waals surface area contributed by atoms with Crippen LogP contribution in [0.25, 0.3) is 0 Å². The lowest BCUT2D eigenvalue weighted by molar-refractivity contribution is -0.131. The Bertz CT molecular complexity index is 410. The lowest BCUT2D eigenvalue weighted by Gasteiger charge is -2.31. The fraction of sp³-hybridized carbons (Fsp3) is 0.800. The van der Waals surface area contributed by atoms with Gasteiger partial charge in [0.15, 0.2) is 9.84 Å². The summed E-state index contributed by atoms with van der Waals surface area (Å²) in [6.45, 7) is 2.31. The van der Waals surface area contributed by atoms with Crippen LogP contribution in [0.3, 0.4) is 0 Å². The van der Waals surface area contributed by atoms with Crippen LogP contribution in [0.4, 0.5) is 0 Å². The Balaban J connectivity index is 2.72. The van der Waals surface area contributed by atoms with Gasteiger partial charge in [0.05, 0.1) is 12.0 Å². The number of carbonyl (C=O) groups is 1. The summed E-state index contributed by atoms with van der Waals surface area (Å²) in [7, 11) is -3.35. The van der Waals surface area contributed by atoms with Crippen molar-refractivity contribution in [1.29, 1.82) is 5.26 Å². The Kier molecular flexibility index (Phi) is 3.92. The molecule has 5 nitrogen and oxygen atoms in total. The monoisotopic (exact) mass is 244 g/mol. The molecule has 2 unspecified atom stereocenters. The number of hydrogen-bond acceptors (Lipinski definition) is 4. The van der Waals surface area contributed by atoms with Gasteiger partial charge in [-0.1, -0.05) is 0 Å². The molecule has 0 aromatic heterocycles. The van der Waals surface area contributed by atoms with Gasteiger partial charge >= 0.3 is 0 Å². The van der Waals surface area contributed by atoms with Crippen LogP contribution >= 0.6 is 0 Å². The first-order valence-corrected chi connectivity index (χ1v) is 7.19. The number of nitriles is 1. The highest BCUT2D eigenvalue weighted by Crippen LogP contribution is 2.17. The largest absolute Gasteiger partial charge is 0.340 e. The topological polar surface area (TPSA) is 78.2 Å². The smallest absolute Gasteiger partial charge is 0.240 e. The molecule has 1 heterocycles. The van der Waals surface area contributed by atoms with Crippen molar-refractivity contribution in [1.82, 2.24) is 4.90 Å². The number of piperidine rings is 1. The van der Waals surface area contributed by atoms with Gasteiger partial charge in [-0.2, -0.15) is 5.26 Å². The van der Waals surface area contributed by atoms with E-state index in [1.807, 2.05) is 0 Å². The van der Waals surface area contributed by atoms with E-state index in [9.17, 15) is 13.2 Å². The highest BCUT2D eigenvalue weighted by Gasteiger charge is 2.31. The Morgan fingerprint density at radius 1 is 1.56 bits per heavy atom. The molecule has 90 valence electrons. The van der Waals surface area contributed by atoms with Gasteiger partial charge in [0.25, 0.3) is 0 Å². The average molecular weight is 244 g/mol. The van der Waals surface area contributed by atoms with Gasteiger partial charge in [0.2, 0.25) is 5.91 Å². The first-order chi connectivity index (χ1) is 7.36. The normalized spacial score (nSPS) is 23.6. The molecule has 0 aromatic carbocycles. The van der Waals surface area contributed by atoms with Crippen molar-refractivity contribution in [2.45, 2.75) is 25.0 Å². The van der Waals surface area contributed by atoms with Crippen LogP contribution < -0.4 is 0 Å². The van der Waals surface area contributed by atoms with Crippen molar-refractivity contribution in [3.05, 3.63) is 0 Å². The first-order valence-electron chi connectivity index (χ1n) is 5.23. The van der Waals surface area contributed by atoms with E-state index < -0.39 is 15.1 Å². The quantitative estimate of drug-likeness (QED) is 0.694. The molecule has 2 atom stereocenters. The number of carbonyl (C=O) groups excluding carboxylic acids is 1. The standard InChI is InChI=1S/C10H16N2O3S/c1-8(16(2,14)15)10(13)12-5-3-4-9(6-11)7-12/h8-9H,3-5,7H2,1-2H3. The minimum atomic E-state index is -3.35. The van der Waals surface area contributed by atoms with E-state index in [2.05, 4.69) is 6.07 Å². The van der Waals surface area contributed by atoms with E-state index in [4.69, 9.17) is 5.26 Å². The van der Waals surface area contributed by atoms with E-state index in [0.29, 0.717) is 13.1 Å². The van der Waals surface area contributed by atoms with Crippen LogP contribution in [0, 0.1) is 17.2 Å². The lowest BCUT2D eigenvalue weighted by Crippen LogP contribution is -2.46. The van der Waals surface area contributed by atoms with E-state index in [1.165, 1.54) is 11.8 Å². The summed E-state index contributed by atoms with van der Waals surface area (Å²) in [5.41, 5.74) is 0. The molecule has 1 aliphatic rings. The van der Waals surface area contributed by atoms with Crippen molar-refractivity contribution in [2.24, 2.45) is 5.92 Å². The molecule has 6 heteroatoms. The predicted octanol–water partition coefficient (Wildman–Crippen LogP) is 0.182. The second kappa shape index (κ2) is 4.83. The highest BCUT2D eigenvalue weighted by atomic mass is 32.2. The van der Waals surface area contributed by atoms with Crippen LogP contribution in [0.1, 0.15) is 19.8 Å². The number of nitrogens with zero attached hydrogens (tertiary/aromatic N) is 2. The van der Waals surface area contributed by atoms with E-state index in [1.54, 1.807) is 0 Å². The zero-order valence-corrected chi connectivity index (χ0v) is 10.3. The average Bonchev–Trinajstić information content (AvgIpc) is 2.26. The number of hydrogen-bond donors (Lipinski definition) is 0. The predicted molar refractivity (Wildman–Crippen MR) is 59.2 cm³/mol. The van der Waals surface area contributed by atoms with Crippen LogP contribution in [-0.2, 0) is 14.6 Å². The molecular weight excluding hydrogens is 228 g/mol. The molecule has 0 bridgehead atoms. The van der Waals surface area contributed by atoms with Gasteiger partial charge in [0.1, 0.15) is 5.25 Å². The van der Waals surface area contributed by atoms with Crippen molar-refractivity contribution < 1.29 is 13.2 Å². The van der Waals surface area contributed by atoms with Crippen molar-refractivity contribution in [3.63, 3.8) is 0 Å². The molecule has 0 aliphatic carbocycles. The molecule has 0 radical (unpaired) electrons. The van der Waals surface area contributed by atoms with Gasteiger partial charge in [-0.3, -0.25) is 4.79 Å². The number of likely N-dealkylation sites (tertiary alicyclic amines) is 1. The number of amides is 1. The molecule has 1 saturated heterocycles. The maximum Gasteiger partial charge on any atom is 0.240 e. The van der Waals surface area contributed by atoms with E-state index in [-0.39, 0.29) is 11.8 Å². The molecule has 1 amide bonds. The third kappa shape index (κ3) is 2.95. The summed E-state index contributed by atoms with van der Waals surface area (Å²) in [6, 6.07) is 2.12. The molecule has 0 N–H and O–H groups in total. The van der Waals surface area contributed by atoms with Crippen molar-refractivity contribution in [2.75, 3.05) is 19.3 Å². The third-order valence-corrected chi connectivity index (χ3v) is 4.39. The Morgan fingerprint density at radius 2 is 2.19 bits per heavy atom. The van der Waals surface area contributed by atoms with E-state index in [0.717, 1.165) is 19.1 Å². The van der Waals surface area contributed by atoms with Crippen molar-refractivity contribution in [3.8, 4) is 6.07 Å².